The van der Waals surface area contributed by atoms with Crippen LogP contribution in [0, 0.1) is 0 Å². The Bertz CT molecular complexity index is 531. The van der Waals surface area contributed by atoms with Gasteiger partial charge in [0.05, 0.1) is 0 Å². The third-order valence-electron chi connectivity index (χ3n) is 2.40. The fourth-order valence-electron chi connectivity index (χ4n) is 1.51. The fraction of sp³-hybridized carbons (Fsp3) is 0.154. The van der Waals surface area contributed by atoms with Gasteiger partial charge in [-0.05, 0) is 30.2 Å². The maximum Gasteiger partial charge on any atom is 0.251 e. The molecule has 4 nitrogen and oxygen atoms in total. The number of aromatic nitrogens is 2. The highest BCUT2D eigenvalue weighted by atomic mass is 35.5. The molecule has 0 unspecified atom stereocenters. The van der Waals surface area contributed by atoms with Crippen molar-refractivity contribution >= 4 is 17.5 Å². The van der Waals surface area contributed by atoms with Crippen LogP contribution in [0.1, 0.15) is 15.9 Å². The van der Waals surface area contributed by atoms with Gasteiger partial charge in [-0.1, -0.05) is 17.7 Å². The Labute approximate surface area is 110 Å². The van der Waals surface area contributed by atoms with Gasteiger partial charge in [0.2, 0.25) is 0 Å². The van der Waals surface area contributed by atoms with Crippen LogP contribution in [0.5, 0.6) is 0 Å². The Kier molecular flexibility index (Phi) is 4.25. The minimum atomic E-state index is -0.130. The second kappa shape index (κ2) is 6.12. The summed E-state index contributed by atoms with van der Waals surface area (Å²) in [5.41, 5.74) is 1.55. The monoisotopic (exact) mass is 261 g/mol. The van der Waals surface area contributed by atoms with Crippen LogP contribution in [0.2, 0.25) is 5.02 Å². The highest BCUT2D eigenvalue weighted by Gasteiger charge is 2.04. The summed E-state index contributed by atoms with van der Waals surface area (Å²) in [6, 6.07) is 6.86. The quantitative estimate of drug-likeness (QED) is 0.917. The molecule has 0 radical (unpaired) electrons. The molecule has 0 bridgehead atoms. The van der Waals surface area contributed by atoms with E-state index in [2.05, 4.69) is 15.3 Å². The largest absolute Gasteiger partial charge is 0.352 e. The van der Waals surface area contributed by atoms with Crippen LogP contribution in [0.15, 0.2) is 43.0 Å². The molecule has 0 saturated carbocycles. The van der Waals surface area contributed by atoms with E-state index in [0.717, 1.165) is 5.56 Å². The summed E-state index contributed by atoms with van der Waals surface area (Å²) < 4.78 is 0. The molecule has 1 N–H and O–H groups in total. The predicted octanol–water partition coefficient (Wildman–Crippen LogP) is 2.10. The smallest absolute Gasteiger partial charge is 0.251 e. The molecule has 92 valence electrons. The van der Waals surface area contributed by atoms with Gasteiger partial charge in [0, 0.05) is 29.5 Å². The van der Waals surface area contributed by atoms with Crippen molar-refractivity contribution in [1.82, 2.24) is 15.3 Å². The van der Waals surface area contributed by atoms with Crippen LogP contribution >= 0.6 is 11.6 Å². The molecule has 2 rings (SSSR count). The summed E-state index contributed by atoms with van der Waals surface area (Å²) >= 11 is 5.82. The highest BCUT2D eigenvalue weighted by molar-refractivity contribution is 6.30. The van der Waals surface area contributed by atoms with Crippen molar-refractivity contribution in [3.8, 4) is 0 Å². The summed E-state index contributed by atoms with van der Waals surface area (Å²) in [5.74, 6) is -0.130. The van der Waals surface area contributed by atoms with Crippen molar-refractivity contribution in [2.24, 2.45) is 0 Å². The molecule has 0 aliphatic rings. The first-order chi connectivity index (χ1) is 8.75. The molecule has 0 aliphatic heterocycles. The van der Waals surface area contributed by atoms with E-state index in [0.29, 0.717) is 23.6 Å². The molecule has 0 fully saturated rings. The van der Waals surface area contributed by atoms with E-state index in [1.165, 1.54) is 6.33 Å². The van der Waals surface area contributed by atoms with Gasteiger partial charge in [0.15, 0.2) is 0 Å². The summed E-state index contributed by atoms with van der Waals surface area (Å²) in [7, 11) is 0. The van der Waals surface area contributed by atoms with Crippen molar-refractivity contribution in [2.75, 3.05) is 6.54 Å². The topological polar surface area (TPSA) is 54.9 Å². The van der Waals surface area contributed by atoms with Gasteiger partial charge in [-0.2, -0.15) is 0 Å². The van der Waals surface area contributed by atoms with E-state index in [4.69, 9.17) is 11.6 Å². The standard InChI is InChI=1S/C13H12ClN3O/c14-12-3-1-2-11(6-12)13(18)17-5-4-10-7-15-9-16-8-10/h1-3,6-9H,4-5H2,(H,17,18). The highest BCUT2D eigenvalue weighted by Crippen LogP contribution is 2.10. The van der Waals surface area contributed by atoms with E-state index in [1.807, 2.05) is 0 Å². The lowest BCUT2D eigenvalue weighted by atomic mass is 10.2. The molecule has 5 heteroatoms. The molecule has 1 aromatic carbocycles. The number of nitrogens with one attached hydrogen (secondary N) is 1. The number of hydrogen-bond acceptors (Lipinski definition) is 3. The van der Waals surface area contributed by atoms with E-state index in [-0.39, 0.29) is 5.91 Å². The van der Waals surface area contributed by atoms with Crippen LogP contribution in [0.25, 0.3) is 0 Å². The van der Waals surface area contributed by atoms with Gasteiger partial charge in [0.25, 0.3) is 5.91 Å². The molecule has 18 heavy (non-hydrogen) atoms. The fourth-order valence-corrected chi connectivity index (χ4v) is 1.70. The van der Waals surface area contributed by atoms with Crippen molar-refractivity contribution in [1.29, 1.82) is 0 Å². The van der Waals surface area contributed by atoms with Gasteiger partial charge in [-0.3, -0.25) is 4.79 Å². The molecule has 1 amide bonds. The second-order valence-corrected chi connectivity index (χ2v) is 4.20. The average Bonchev–Trinajstić information content (AvgIpc) is 2.40. The van der Waals surface area contributed by atoms with Crippen LogP contribution in [-0.4, -0.2) is 22.4 Å². The van der Waals surface area contributed by atoms with Crippen molar-refractivity contribution in [3.63, 3.8) is 0 Å². The Morgan fingerprint density at radius 1 is 1.28 bits per heavy atom. The van der Waals surface area contributed by atoms with Crippen LogP contribution in [0.4, 0.5) is 0 Å². The number of carbonyl (C=O) groups excluding carboxylic acids is 1. The summed E-state index contributed by atoms with van der Waals surface area (Å²) in [6.45, 7) is 0.540. The van der Waals surface area contributed by atoms with Crippen LogP contribution in [-0.2, 0) is 6.42 Å². The lowest BCUT2D eigenvalue weighted by Crippen LogP contribution is -2.25. The number of nitrogens with zero attached hydrogens (tertiary/aromatic N) is 2. The third-order valence-corrected chi connectivity index (χ3v) is 2.64. The lowest BCUT2D eigenvalue weighted by molar-refractivity contribution is 0.0954. The van der Waals surface area contributed by atoms with Crippen molar-refractivity contribution in [3.05, 3.63) is 59.1 Å². The van der Waals surface area contributed by atoms with Crippen molar-refractivity contribution in [2.45, 2.75) is 6.42 Å². The zero-order chi connectivity index (χ0) is 12.8. The Hall–Kier alpha value is -1.94. The Morgan fingerprint density at radius 3 is 2.78 bits per heavy atom. The molecule has 0 aliphatic carbocycles. The molecule has 0 atom stereocenters. The zero-order valence-corrected chi connectivity index (χ0v) is 10.4. The lowest BCUT2D eigenvalue weighted by Gasteiger charge is -2.05. The van der Waals surface area contributed by atoms with E-state index in [1.54, 1.807) is 36.7 Å². The van der Waals surface area contributed by atoms with E-state index in [9.17, 15) is 4.79 Å². The number of rotatable bonds is 4. The first-order valence-electron chi connectivity index (χ1n) is 5.53. The van der Waals surface area contributed by atoms with Gasteiger partial charge >= 0.3 is 0 Å². The second-order valence-electron chi connectivity index (χ2n) is 3.76. The van der Waals surface area contributed by atoms with Crippen LogP contribution in [0.3, 0.4) is 0 Å². The number of carbonyl (C=O) groups is 1. The number of halogens is 1. The summed E-state index contributed by atoms with van der Waals surface area (Å²) in [6.07, 6.45) is 5.65. The molecular weight excluding hydrogens is 250 g/mol. The number of amides is 1. The van der Waals surface area contributed by atoms with Gasteiger partial charge in [0.1, 0.15) is 6.33 Å². The molecule has 1 aromatic heterocycles. The molecule has 0 saturated heterocycles. The summed E-state index contributed by atoms with van der Waals surface area (Å²) in [5, 5.41) is 3.38. The SMILES string of the molecule is O=C(NCCc1cncnc1)c1cccc(Cl)c1. The van der Waals surface area contributed by atoms with Gasteiger partial charge < -0.3 is 5.32 Å². The van der Waals surface area contributed by atoms with Crippen LogP contribution < -0.4 is 5.32 Å². The molecular formula is C13H12ClN3O. The van der Waals surface area contributed by atoms with E-state index < -0.39 is 0 Å². The first kappa shape index (κ1) is 12.5. The zero-order valence-electron chi connectivity index (χ0n) is 9.64. The Balaban J connectivity index is 1.86. The molecule has 0 spiro atoms. The normalized spacial score (nSPS) is 10.1. The molecule has 1 heterocycles. The minimum absolute atomic E-state index is 0.130. The van der Waals surface area contributed by atoms with Crippen molar-refractivity contribution < 1.29 is 4.79 Å². The maximum absolute atomic E-state index is 11.8. The number of benzene rings is 1. The predicted molar refractivity (Wildman–Crippen MR) is 69.5 cm³/mol. The third kappa shape index (κ3) is 3.53. The summed E-state index contributed by atoms with van der Waals surface area (Å²) in [4.78, 5) is 19.6. The van der Waals surface area contributed by atoms with Gasteiger partial charge in [-0.25, -0.2) is 9.97 Å². The maximum atomic E-state index is 11.8. The first-order valence-corrected chi connectivity index (χ1v) is 5.91. The average molecular weight is 262 g/mol. The van der Waals surface area contributed by atoms with Gasteiger partial charge in [-0.15, -0.1) is 0 Å². The molecule has 2 aromatic rings. The Morgan fingerprint density at radius 2 is 2.06 bits per heavy atom. The minimum Gasteiger partial charge on any atom is -0.352 e. The van der Waals surface area contributed by atoms with E-state index >= 15 is 0 Å². The number of hydrogen-bond donors (Lipinski definition) is 1.